The van der Waals surface area contributed by atoms with Crippen LogP contribution in [0.25, 0.3) is 11.5 Å². The van der Waals surface area contributed by atoms with Gasteiger partial charge in [0, 0.05) is 13.5 Å². The number of hydrogen-bond donors (Lipinski definition) is 2. The van der Waals surface area contributed by atoms with Gasteiger partial charge in [-0.3, -0.25) is 4.79 Å². The molecule has 0 bridgehead atoms. The first kappa shape index (κ1) is 68.3. The van der Waals surface area contributed by atoms with Gasteiger partial charge in [-0.25, -0.2) is 0 Å². The molecule has 264 valence electrons. The van der Waals surface area contributed by atoms with Crippen LogP contribution in [-0.2, 0) is 25.9 Å². The molecule has 4 N–H and O–H groups in total. The zero-order valence-corrected chi connectivity index (χ0v) is 33.9. The second-order valence-corrected chi connectivity index (χ2v) is 7.18. The fourth-order valence-corrected chi connectivity index (χ4v) is 3.07. The van der Waals surface area contributed by atoms with E-state index >= 15 is 0 Å². The number of hydrogen-bond acceptors (Lipinski definition) is 2. The zero-order valence-electron chi connectivity index (χ0n) is 31.6. The molecule has 2 atom stereocenters. The first-order valence-corrected chi connectivity index (χ1v) is 17.7. The smallest absolute Gasteiger partial charge is 0.676 e. The summed E-state index contributed by atoms with van der Waals surface area (Å²) in [4.78, 5) is 10.3. The molecular formula is C35H86N2O3Pt. The van der Waals surface area contributed by atoms with Gasteiger partial charge < -0.3 is 21.7 Å². The summed E-state index contributed by atoms with van der Waals surface area (Å²) in [5.41, 5.74) is 14.6. The Morgan fingerprint density at radius 1 is 0.537 bits per heavy atom. The Kier molecular flexibility index (Phi) is 162. The zero-order chi connectivity index (χ0) is 34.0. The third kappa shape index (κ3) is 100. The van der Waals surface area contributed by atoms with Gasteiger partial charge in [-0.05, 0) is 6.42 Å². The number of carboxylic acids is 1. The number of carbonyl (C=O) groups is 1. The molecule has 0 spiro atoms. The third-order valence-corrected chi connectivity index (χ3v) is 4.76. The SMILES string of the molecule is CC.CC.CC.CC.CC.CC.CC.CCCCCCCCCCCCCC(=O)O.CO.[NH-]C1CCCCC1[NH-].[Pt+2]. The van der Waals surface area contributed by atoms with Crippen molar-refractivity contribution in [3.05, 3.63) is 11.5 Å². The van der Waals surface area contributed by atoms with E-state index in [-0.39, 0.29) is 33.1 Å². The summed E-state index contributed by atoms with van der Waals surface area (Å²) in [6, 6.07) is -0.160. The van der Waals surface area contributed by atoms with Crippen LogP contribution in [0.2, 0.25) is 0 Å². The molecule has 1 saturated carbocycles. The van der Waals surface area contributed by atoms with Crippen LogP contribution in [0.4, 0.5) is 0 Å². The number of nitrogens with one attached hydrogen (secondary N) is 2. The number of rotatable bonds is 12. The molecule has 1 fully saturated rings. The van der Waals surface area contributed by atoms with E-state index in [1.54, 1.807) is 0 Å². The molecule has 0 aromatic heterocycles. The number of aliphatic carboxylic acids is 1. The molecule has 1 rings (SSSR count). The van der Waals surface area contributed by atoms with Crippen molar-refractivity contribution in [1.29, 1.82) is 0 Å². The van der Waals surface area contributed by atoms with E-state index in [2.05, 4.69) is 6.92 Å². The maximum atomic E-state index is 10.3. The summed E-state index contributed by atoms with van der Waals surface area (Å²) < 4.78 is 0. The van der Waals surface area contributed by atoms with Crippen LogP contribution in [0.3, 0.4) is 0 Å². The molecule has 1 aliphatic carbocycles. The maximum absolute atomic E-state index is 10.3. The van der Waals surface area contributed by atoms with Gasteiger partial charge in [0.05, 0.1) is 0 Å². The first-order chi connectivity index (χ1) is 19.6. The average molecular weight is 778 g/mol. The van der Waals surface area contributed by atoms with Gasteiger partial charge in [-0.2, -0.15) is 12.1 Å². The third-order valence-electron chi connectivity index (χ3n) is 4.76. The molecular weight excluding hydrogens is 691 g/mol. The monoisotopic (exact) mass is 778 g/mol. The van der Waals surface area contributed by atoms with Crippen molar-refractivity contribution >= 4 is 5.97 Å². The topological polar surface area (TPSA) is 105 Å². The first-order valence-electron chi connectivity index (χ1n) is 17.7. The largest absolute Gasteiger partial charge is 2.00 e. The predicted octanol–water partition coefficient (Wildman–Crippen LogP) is 14.0. The van der Waals surface area contributed by atoms with Gasteiger partial charge in [-0.1, -0.05) is 194 Å². The molecule has 0 aromatic rings. The van der Waals surface area contributed by atoms with E-state index in [9.17, 15) is 4.79 Å². The fourth-order valence-electron chi connectivity index (χ4n) is 3.07. The molecule has 2 unspecified atom stereocenters. The Labute approximate surface area is 278 Å². The Morgan fingerprint density at radius 2 is 0.756 bits per heavy atom. The molecule has 0 aliphatic heterocycles. The van der Waals surface area contributed by atoms with Gasteiger partial charge in [0.2, 0.25) is 0 Å². The van der Waals surface area contributed by atoms with E-state index in [0.717, 1.165) is 32.8 Å². The molecule has 1 aliphatic rings. The molecule has 0 aromatic carbocycles. The molecule has 0 saturated heterocycles. The van der Waals surface area contributed by atoms with Gasteiger partial charge in [0.15, 0.2) is 0 Å². The van der Waals surface area contributed by atoms with Crippen molar-refractivity contribution in [3.8, 4) is 0 Å². The van der Waals surface area contributed by atoms with E-state index in [4.69, 9.17) is 21.7 Å². The Bertz CT molecular complexity index is 289. The van der Waals surface area contributed by atoms with Crippen molar-refractivity contribution in [2.24, 2.45) is 0 Å². The minimum absolute atomic E-state index is 0. The minimum Gasteiger partial charge on any atom is -0.676 e. The van der Waals surface area contributed by atoms with Gasteiger partial charge in [0.25, 0.3) is 0 Å². The standard InChI is InChI=1S/C14H28O2.C6H12N2.7C2H6.CH4O.Pt/c1-2-3-4-5-6-7-8-9-10-11-12-13-14(15)16;7-5-3-1-2-4-6(5)8;8*1-2;/h2-13H2,1H3,(H,15,16);5-8H,1-4H2;7*1-2H3;2H,1H3;/q;-2;;;;;;;;;+2. The molecule has 0 heterocycles. The van der Waals surface area contributed by atoms with Gasteiger partial charge in [-0.15, -0.1) is 0 Å². The van der Waals surface area contributed by atoms with Crippen molar-refractivity contribution < 1.29 is 36.1 Å². The Balaban J connectivity index is -0.0000000406. The molecule has 0 radical (unpaired) electrons. The summed E-state index contributed by atoms with van der Waals surface area (Å²) in [7, 11) is 1.00. The van der Waals surface area contributed by atoms with Crippen LogP contribution in [0.5, 0.6) is 0 Å². The minimum atomic E-state index is -0.657. The van der Waals surface area contributed by atoms with E-state index in [1.165, 1.54) is 70.6 Å². The van der Waals surface area contributed by atoms with E-state index in [1.807, 2.05) is 96.9 Å². The fraction of sp³-hybridized carbons (Fsp3) is 0.971. The van der Waals surface area contributed by atoms with Crippen molar-refractivity contribution in [2.75, 3.05) is 7.11 Å². The summed E-state index contributed by atoms with van der Waals surface area (Å²) in [6.45, 7) is 30.2. The second-order valence-electron chi connectivity index (χ2n) is 7.18. The van der Waals surface area contributed by atoms with Crippen LogP contribution in [0, 0.1) is 0 Å². The molecule has 41 heavy (non-hydrogen) atoms. The Hall–Kier alpha value is 0.0383. The quantitative estimate of drug-likeness (QED) is 0.193. The summed E-state index contributed by atoms with van der Waals surface area (Å²) in [6.07, 6.45) is 18.6. The van der Waals surface area contributed by atoms with Crippen LogP contribution >= 0.6 is 0 Å². The Morgan fingerprint density at radius 3 is 0.951 bits per heavy atom. The predicted molar refractivity (Wildman–Crippen MR) is 191 cm³/mol. The second kappa shape index (κ2) is 97.3. The number of carboxylic acid groups (broad SMARTS) is 1. The molecule has 6 heteroatoms. The van der Waals surface area contributed by atoms with Crippen molar-refractivity contribution in [3.63, 3.8) is 0 Å². The maximum Gasteiger partial charge on any atom is 2.00 e. The van der Waals surface area contributed by atoms with Gasteiger partial charge >= 0.3 is 27.0 Å². The number of unbranched alkanes of at least 4 members (excludes halogenated alkanes) is 10. The van der Waals surface area contributed by atoms with Crippen LogP contribution in [-0.4, -0.2) is 35.4 Å². The van der Waals surface area contributed by atoms with E-state index in [0.29, 0.717) is 6.42 Å². The normalized spacial score (nSPS) is 13.0. The van der Waals surface area contributed by atoms with Crippen LogP contribution < -0.4 is 0 Å². The molecule has 0 amide bonds. The number of aliphatic hydroxyl groups is 1. The molecule has 5 nitrogen and oxygen atoms in total. The average Bonchev–Trinajstić information content (AvgIpc) is 3.05. The summed E-state index contributed by atoms with van der Waals surface area (Å²) >= 11 is 0. The van der Waals surface area contributed by atoms with Gasteiger partial charge in [0.1, 0.15) is 0 Å². The van der Waals surface area contributed by atoms with Crippen LogP contribution in [0.1, 0.15) is 207 Å². The van der Waals surface area contributed by atoms with Crippen LogP contribution in [0.15, 0.2) is 0 Å². The summed E-state index contributed by atoms with van der Waals surface area (Å²) in [5.74, 6) is -0.657. The summed E-state index contributed by atoms with van der Waals surface area (Å²) in [5, 5.41) is 15.5. The number of aliphatic hydroxyl groups excluding tert-OH is 1. The van der Waals surface area contributed by atoms with Crippen molar-refractivity contribution in [1.82, 2.24) is 0 Å². The van der Waals surface area contributed by atoms with Crippen molar-refractivity contribution in [2.45, 2.75) is 219 Å². The van der Waals surface area contributed by atoms with E-state index < -0.39 is 5.97 Å².